The third kappa shape index (κ3) is 6.47. The van der Waals surface area contributed by atoms with Crippen molar-refractivity contribution < 1.29 is 0 Å². The van der Waals surface area contributed by atoms with Crippen LogP contribution in [0.2, 0.25) is 0 Å². The number of hydrogen-bond donors (Lipinski definition) is 0. The topological polar surface area (TPSA) is 56.5 Å². The van der Waals surface area contributed by atoms with E-state index in [4.69, 9.17) is 19.9 Å². The Labute approximate surface area is 425 Å². The predicted octanol–water partition coefficient (Wildman–Crippen LogP) is 17.7. The Morgan fingerprint density at radius 2 is 0.986 bits per heavy atom. The number of benzene rings is 10. The highest BCUT2D eigenvalue weighted by molar-refractivity contribution is 7.23. The molecule has 5 nitrogen and oxygen atoms in total. The van der Waals surface area contributed by atoms with Gasteiger partial charge in [0.25, 0.3) is 0 Å². The molecule has 10 aromatic carbocycles. The molecule has 0 amide bonds. The molecule has 0 N–H and O–H groups in total. The van der Waals surface area contributed by atoms with Crippen LogP contribution in [0, 0.1) is 0 Å². The van der Waals surface area contributed by atoms with Crippen LogP contribution >= 0.6 is 11.3 Å². The van der Waals surface area contributed by atoms with E-state index in [0.717, 1.165) is 77.7 Å². The summed E-state index contributed by atoms with van der Waals surface area (Å²) in [5.41, 5.74) is 17.4. The van der Waals surface area contributed by atoms with E-state index in [1.54, 1.807) is 0 Å². The van der Waals surface area contributed by atoms with Gasteiger partial charge in [0.05, 0.1) is 33.5 Å². The highest BCUT2D eigenvalue weighted by Gasteiger charge is 2.36. The fourth-order valence-electron chi connectivity index (χ4n) is 11.6. The van der Waals surface area contributed by atoms with Crippen LogP contribution in [0.25, 0.3) is 137 Å². The van der Waals surface area contributed by atoms with Crippen LogP contribution in [0.4, 0.5) is 0 Å². The third-order valence-electron chi connectivity index (χ3n) is 15.2. The van der Waals surface area contributed by atoms with E-state index in [1.165, 1.54) is 64.5 Å². The lowest BCUT2D eigenvalue weighted by Gasteiger charge is -2.22. The summed E-state index contributed by atoms with van der Waals surface area (Å²) in [6, 6.07) is 80.6. The first-order valence-electron chi connectivity index (χ1n) is 24.9. The minimum Gasteiger partial charge on any atom is -0.278 e. The van der Waals surface area contributed by atoms with Gasteiger partial charge in [-0.05, 0) is 104 Å². The van der Waals surface area contributed by atoms with Crippen molar-refractivity contribution in [2.24, 2.45) is 0 Å². The monoisotopic (exact) mass is 949 g/mol. The van der Waals surface area contributed by atoms with E-state index in [1.807, 2.05) is 17.4 Å². The van der Waals surface area contributed by atoms with Gasteiger partial charge in [-0.2, -0.15) is 0 Å². The molecule has 73 heavy (non-hydrogen) atoms. The maximum Gasteiger partial charge on any atom is 0.235 e. The number of aromatic nitrogens is 5. The van der Waals surface area contributed by atoms with Crippen molar-refractivity contribution in [1.82, 2.24) is 24.5 Å². The molecule has 0 unspecified atom stereocenters. The van der Waals surface area contributed by atoms with Gasteiger partial charge in [-0.3, -0.25) is 4.57 Å². The summed E-state index contributed by atoms with van der Waals surface area (Å²) < 4.78 is 3.46. The van der Waals surface area contributed by atoms with Crippen molar-refractivity contribution in [2.75, 3.05) is 0 Å². The molecule has 6 heteroatoms. The van der Waals surface area contributed by atoms with Gasteiger partial charge in [0.2, 0.25) is 5.95 Å². The van der Waals surface area contributed by atoms with Crippen molar-refractivity contribution in [3.05, 3.63) is 236 Å². The summed E-state index contributed by atoms with van der Waals surface area (Å²) in [6.45, 7) is 4.71. The summed E-state index contributed by atoms with van der Waals surface area (Å²) in [6.07, 6.45) is 0. The maximum absolute atomic E-state index is 5.45. The van der Waals surface area contributed by atoms with Gasteiger partial charge in [-0.15, -0.1) is 11.3 Å². The number of para-hydroxylation sites is 1. The molecule has 1 aliphatic rings. The SMILES string of the molecule is CC1(C)c2cc(-c3ccc4c(c3)c3c5ccccc5ccc3n4-c3nc(-c4ccccc4)c4ccccc4n3)ccc2-c2ccc(-c3nc(-c4ccccc4)c4c(ccc5cc(-c6ccccc6)sc54)n3)cc21. The fraction of sp³-hybridized carbons (Fsp3) is 0.0448. The van der Waals surface area contributed by atoms with Gasteiger partial charge < -0.3 is 0 Å². The molecule has 4 heterocycles. The van der Waals surface area contributed by atoms with Crippen molar-refractivity contribution >= 4 is 75.8 Å². The third-order valence-corrected chi connectivity index (χ3v) is 16.4. The van der Waals surface area contributed by atoms with Gasteiger partial charge in [-0.1, -0.05) is 190 Å². The Balaban J connectivity index is 0.848. The van der Waals surface area contributed by atoms with Crippen LogP contribution in [-0.2, 0) is 5.41 Å². The highest BCUT2D eigenvalue weighted by Crippen LogP contribution is 2.51. The first-order chi connectivity index (χ1) is 35.9. The minimum absolute atomic E-state index is 0.285. The predicted molar refractivity (Wildman–Crippen MR) is 305 cm³/mol. The molecular formula is C67H43N5S. The zero-order chi connectivity index (χ0) is 48.4. The zero-order valence-electron chi connectivity index (χ0n) is 40.0. The van der Waals surface area contributed by atoms with Crippen LogP contribution in [0.1, 0.15) is 25.0 Å². The average Bonchev–Trinajstić information content (AvgIpc) is 4.11. The van der Waals surface area contributed by atoms with E-state index in [9.17, 15) is 0 Å². The second-order valence-corrected chi connectivity index (χ2v) is 20.8. The van der Waals surface area contributed by atoms with Gasteiger partial charge in [0.15, 0.2) is 5.82 Å². The maximum atomic E-state index is 5.45. The van der Waals surface area contributed by atoms with Crippen molar-refractivity contribution in [2.45, 2.75) is 19.3 Å². The largest absolute Gasteiger partial charge is 0.278 e. The first kappa shape index (κ1) is 41.7. The van der Waals surface area contributed by atoms with Gasteiger partial charge in [0, 0.05) is 53.2 Å². The van der Waals surface area contributed by atoms with Gasteiger partial charge in [-0.25, -0.2) is 19.9 Å². The molecule has 0 atom stereocenters. The van der Waals surface area contributed by atoms with Crippen LogP contribution in [0.3, 0.4) is 0 Å². The van der Waals surface area contributed by atoms with Crippen molar-refractivity contribution in [1.29, 1.82) is 0 Å². The highest BCUT2D eigenvalue weighted by atomic mass is 32.1. The Kier molecular flexibility index (Phi) is 9.11. The molecule has 0 bridgehead atoms. The summed E-state index contributed by atoms with van der Waals surface area (Å²) in [5.74, 6) is 1.38. The van der Waals surface area contributed by atoms with Crippen LogP contribution in [0.5, 0.6) is 0 Å². The van der Waals surface area contributed by atoms with Gasteiger partial charge in [0.1, 0.15) is 0 Å². The van der Waals surface area contributed by atoms with E-state index in [-0.39, 0.29) is 5.41 Å². The lowest BCUT2D eigenvalue weighted by molar-refractivity contribution is 0.661. The standard InChI is InChI=1S/C67H43N5S/c1-67(2)53-37-45(44-30-34-57-52(36-44)60-48-23-13-12-16-40(48)29-35-58(60)72(57)66-69-55-25-15-14-24-51(55)62(71-66)42-19-8-4-9-20-42)26-31-49(53)50-32-27-47(38-54(50)67)65-68-56-33-28-46-39-59(41-17-6-3-7-18-41)73-64(46)61(56)63(70-65)43-21-10-5-11-22-43/h3-39H,1-2H3. The van der Waals surface area contributed by atoms with Gasteiger partial charge >= 0.3 is 0 Å². The number of thiophene rings is 1. The fourth-order valence-corrected chi connectivity index (χ4v) is 12.8. The van der Waals surface area contributed by atoms with Crippen molar-refractivity contribution in [3.8, 4) is 72.5 Å². The first-order valence-corrected chi connectivity index (χ1v) is 25.7. The molecule has 14 aromatic rings. The van der Waals surface area contributed by atoms with Crippen molar-refractivity contribution in [3.63, 3.8) is 0 Å². The molecule has 0 aliphatic heterocycles. The van der Waals surface area contributed by atoms with Crippen LogP contribution < -0.4 is 0 Å². The smallest absolute Gasteiger partial charge is 0.235 e. The molecule has 0 saturated heterocycles. The summed E-state index contributed by atoms with van der Waals surface area (Å²) in [7, 11) is 0. The second-order valence-electron chi connectivity index (χ2n) is 19.8. The Hall–Kier alpha value is -9.10. The molecule has 0 saturated carbocycles. The lowest BCUT2D eigenvalue weighted by Crippen LogP contribution is -2.15. The molecule has 15 rings (SSSR count). The molecule has 0 fully saturated rings. The Morgan fingerprint density at radius 3 is 1.75 bits per heavy atom. The lowest BCUT2D eigenvalue weighted by atomic mass is 9.81. The molecular weight excluding hydrogens is 907 g/mol. The molecule has 0 radical (unpaired) electrons. The second kappa shape index (κ2) is 16.0. The number of fused-ring (bicyclic) bond motifs is 12. The summed E-state index contributed by atoms with van der Waals surface area (Å²) >= 11 is 1.81. The van der Waals surface area contributed by atoms with Crippen LogP contribution in [0.15, 0.2) is 224 Å². The van der Waals surface area contributed by atoms with E-state index >= 15 is 0 Å². The van der Waals surface area contributed by atoms with Crippen LogP contribution in [-0.4, -0.2) is 24.5 Å². The Morgan fingerprint density at radius 1 is 0.384 bits per heavy atom. The zero-order valence-corrected chi connectivity index (χ0v) is 40.8. The minimum atomic E-state index is -0.285. The summed E-state index contributed by atoms with van der Waals surface area (Å²) in [5, 5.41) is 8.08. The van der Waals surface area contributed by atoms with E-state index < -0.39 is 0 Å². The number of rotatable bonds is 6. The Bertz CT molecular complexity index is 4570. The average molecular weight is 950 g/mol. The number of hydrogen-bond acceptors (Lipinski definition) is 5. The molecule has 342 valence electrons. The quantitative estimate of drug-likeness (QED) is 0.167. The molecule has 0 spiro atoms. The summed E-state index contributed by atoms with van der Waals surface area (Å²) in [4.78, 5) is 22.7. The normalized spacial score (nSPS) is 12.9. The van der Waals surface area contributed by atoms with E-state index in [2.05, 4.69) is 237 Å². The molecule has 1 aliphatic carbocycles. The van der Waals surface area contributed by atoms with E-state index in [0.29, 0.717) is 5.95 Å². The number of nitrogens with zero attached hydrogens (tertiary/aromatic N) is 5. The molecule has 4 aromatic heterocycles.